The van der Waals surface area contributed by atoms with Crippen molar-refractivity contribution in [2.24, 2.45) is 0 Å². The van der Waals surface area contributed by atoms with E-state index in [4.69, 9.17) is 4.74 Å². The molecule has 2 aliphatic rings. The molecule has 1 aromatic carbocycles. The van der Waals surface area contributed by atoms with Crippen molar-refractivity contribution in [1.82, 2.24) is 5.32 Å². The van der Waals surface area contributed by atoms with Crippen molar-refractivity contribution in [2.45, 2.75) is 38.7 Å². The molecule has 0 unspecified atom stereocenters. The number of carbonyl (C=O) groups excluding carboxylic acids is 1. The molecule has 0 aromatic heterocycles. The maximum absolute atomic E-state index is 12.3. The number of benzene rings is 1. The van der Waals surface area contributed by atoms with Gasteiger partial charge in [-0.15, -0.1) is 0 Å². The van der Waals surface area contributed by atoms with Crippen molar-refractivity contribution >= 4 is 5.78 Å². The smallest absolute Gasteiger partial charge is 0.170 e. The van der Waals surface area contributed by atoms with Crippen LogP contribution in [0.4, 0.5) is 0 Å². The highest BCUT2D eigenvalue weighted by Gasteiger charge is 2.41. The molecule has 3 nitrogen and oxygen atoms in total. The van der Waals surface area contributed by atoms with Crippen molar-refractivity contribution in [3.8, 4) is 5.75 Å². The maximum atomic E-state index is 12.3. The number of hydrogen-bond donors (Lipinski definition) is 1. The standard InChI is InChI=1S/C15H19NO2/c1-10-7-12-13(17)9-15(3-5-16-6-4-15)18-14(12)8-11(10)2/h7-8,16H,3-6,9H2,1-2H3. The Morgan fingerprint density at radius 1 is 1.17 bits per heavy atom. The normalized spacial score (nSPS) is 21.6. The molecule has 0 radical (unpaired) electrons. The molecule has 1 fully saturated rings. The van der Waals surface area contributed by atoms with E-state index in [1.165, 1.54) is 5.56 Å². The van der Waals surface area contributed by atoms with Crippen LogP contribution < -0.4 is 10.1 Å². The molecule has 2 aliphatic heterocycles. The van der Waals surface area contributed by atoms with Gasteiger partial charge in [0.1, 0.15) is 11.4 Å². The van der Waals surface area contributed by atoms with Gasteiger partial charge in [0, 0.05) is 12.8 Å². The highest BCUT2D eigenvalue weighted by molar-refractivity contribution is 6.00. The average molecular weight is 245 g/mol. The van der Waals surface area contributed by atoms with Crippen LogP contribution in [0.2, 0.25) is 0 Å². The number of piperidine rings is 1. The number of ketones is 1. The van der Waals surface area contributed by atoms with Gasteiger partial charge in [-0.1, -0.05) is 0 Å². The van der Waals surface area contributed by atoms with Crippen molar-refractivity contribution in [1.29, 1.82) is 0 Å². The fourth-order valence-corrected chi connectivity index (χ4v) is 2.91. The summed E-state index contributed by atoms with van der Waals surface area (Å²) in [4.78, 5) is 12.3. The zero-order valence-corrected chi connectivity index (χ0v) is 11.0. The number of nitrogens with one attached hydrogen (secondary N) is 1. The van der Waals surface area contributed by atoms with E-state index in [-0.39, 0.29) is 11.4 Å². The lowest BCUT2D eigenvalue weighted by Crippen LogP contribution is -2.49. The minimum atomic E-state index is -0.253. The van der Waals surface area contributed by atoms with Gasteiger partial charge in [0.25, 0.3) is 0 Å². The molecule has 1 N–H and O–H groups in total. The zero-order chi connectivity index (χ0) is 12.8. The molecular weight excluding hydrogens is 226 g/mol. The van der Waals surface area contributed by atoms with Crippen LogP contribution in [0.5, 0.6) is 5.75 Å². The van der Waals surface area contributed by atoms with E-state index in [2.05, 4.69) is 12.2 Å². The third-order valence-electron chi connectivity index (χ3n) is 4.22. The fraction of sp³-hybridized carbons (Fsp3) is 0.533. The minimum Gasteiger partial charge on any atom is -0.486 e. The highest BCUT2D eigenvalue weighted by Crippen LogP contribution is 2.39. The second-order valence-electron chi connectivity index (χ2n) is 5.57. The van der Waals surface area contributed by atoms with Gasteiger partial charge >= 0.3 is 0 Å². The Morgan fingerprint density at radius 3 is 2.56 bits per heavy atom. The van der Waals surface area contributed by atoms with Crippen LogP contribution in [0, 0.1) is 13.8 Å². The summed E-state index contributed by atoms with van der Waals surface area (Å²) in [7, 11) is 0. The molecule has 18 heavy (non-hydrogen) atoms. The SMILES string of the molecule is Cc1cc2c(cc1C)C(=O)CC1(CCNCC1)O2. The summed E-state index contributed by atoms with van der Waals surface area (Å²) in [6.45, 7) is 5.98. The number of ether oxygens (including phenoxy) is 1. The number of rotatable bonds is 0. The van der Waals surface area contributed by atoms with Crippen LogP contribution in [0.1, 0.15) is 40.7 Å². The van der Waals surface area contributed by atoms with Gasteiger partial charge < -0.3 is 10.1 Å². The predicted octanol–water partition coefficient (Wildman–Crippen LogP) is 2.39. The van der Waals surface area contributed by atoms with E-state index in [9.17, 15) is 4.79 Å². The predicted molar refractivity (Wildman–Crippen MR) is 70.3 cm³/mol. The number of aryl methyl sites for hydroxylation is 2. The first-order chi connectivity index (χ1) is 8.60. The highest BCUT2D eigenvalue weighted by atomic mass is 16.5. The molecular formula is C15H19NO2. The molecule has 1 spiro atoms. The second-order valence-corrected chi connectivity index (χ2v) is 5.57. The van der Waals surface area contributed by atoms with Crippen LogP contribution in [0.3, 0.4) is 0 Å². The number of hydrogen-bond acceptors (Lipinski definition) is 3. The molecule has 0 amide bonds. The Labute approximate surface area is 108 Å². The quantitative estimate of drug-likeness (QED) is 0.762. The van der Waals surface area contributed by atoms with Crippen LogP contribution in [-0.4, -0.2) is 24.5 Å². The Balaban J connectivity index is 2.01. The lowest BCUT2D eigenvalue weighted by atomic mass is 9.82. The van der Waals surface area contributed by atoms with E-state index in [1.54, 1.807) is 0 Å². The summed E-state index contributed by atoms with van der Waals surface area (Å²) in [6.07, 6.45) is 2.38. The fourth-order valence-electron chi connectivity index (χ4n) is 2.91. The molecule has 1 saturated heterocycles. The van der Waals surface area contributed by atoms with Crippen molar-refractivity contribution in [2.75, 3.05) is 13.1 Å². The molecule has 3 rings (SSSR count). The third-order valence-corrected chi connectivity index (χ3v) is 4.22. The monoisotopic (exact) mass is 245 g/mol. The van der Waals surface area contributed by atoms with E-state index >= 15 is 0 Å². The third kappa shape index (κ3) is 1.83. The summed E-state index contributed by atoms with van der Waals surface area (Å²) in [5.74, 6) is 1.03. The first kappa shape index (κ1) is 11.7. The van der Waals surface area contributed by atoms with Crippen LogP contribution in [0.15, 0.2) is 12.1 Å². The Hall–Kier alpha value is -1.35. The average Bonchev–Trinajstić information content (AvgIpc) is 2.33. The summed E-state index contributed by atoms with van der Waals surface area (Å²) < 4.78 is 6.21. The summed E-state index contributed by atoms with van der Waals surface area (Å²) in [5, 5.41) is 3.32. The van der Waals surface area contributed by atoms with Crippen LogP contribution in [-0.2, 0) is 0 Å². The van der Waals surface area contributed by atoms with Crippen LogP contribution in [0.25, 0.3) is 0 Å². The van der Waals surface area contributed by atoms with Crippen LogP contribution >= 0.6 is 0 Å². The van der Waals surface area contributed by atoms with Gasteiger partial charge in [0.05, 0.1) is 12.0 Å². The van der Waals surface area contributed by atoms with Crippen molar-refractivity contribution < 1.29 is 9.53 Å². The molecule has 96 valence electrons. The number of carbonyl (C=O) groups is 1. The van der Waals surface area contributed by atoms with E-state index in [1.807, 2.05) is 19.1 Å². The van der Waals surface area contributed by atoms with Gasteiger partial charge in [-0.05, 0) is 50.2 Å². The summed E-state index contributed by atoms with van der Waals surface area (Å²) in [6, 6.07) is 3.99. The van der Waals surface area contributed by atoms with E-state index in [0.29, 0.717) is 6.42 Å². The lowest BCUT2D eigenvalue weighted by molar-refractivity contribution is 0.0187. The van der Waals surface area contributed by atoms with Crippen molar-refractivity contribution in [3.63, 3.8) is 0 Å². The first-order valence-corrected chi connectivity index (χ1v) is 6.64. The largest absolute Gasteiger partial charge is 0.486 e. The molecule has 3 heteroatoms. The Kier molecular flexibility index (Phi) is 2.67. The van der Waals surface area contributed by atoms with Crippen molar-refractivity contribution in [3.05, 3.63) is 28.8 Å². The second kappa shape index (κ2) is 4.09. The van der Waals surface area contributed by atoms with Gasteiger partial charge in [0.15, 0.2) is 5.78 Å². The molecule has 0 bridgehead atoms. The summed E-state index contributed by atoms with van der Waals surface area (Å²) >= 11 is 0. The van der Waals surface area contributed by atoms with Gasteiger partial charge in [-0.2, -0.15) is 0 Å². The Morgan fingerprint density at radius 2 is 1.83 bits per heavy atom. The summed E-state index contributed by atoms with van der Waals surface area (Å²) in [5.41, 5.74) is 2.86. The van der Waals surface area contributed by atoms with E-state index in [0.717, 1.165) is 42.8 Å². The van der Waals surface area contributed by atoms with E-state index < -0.39 is 0 Å². The zero-order valence-electron chi connectivity index (χ0n) is 11.0. The number of fused-ring (bicyclic) bond motifs is 1. The first-order valence-electron chi connectivity index (χ1n) is 6.64. The lowest BCUT2D eigenvalue weighted by Gasteiger charge is -2.41. The minimum absolute atomic E-state index is 0.237. The van der Waals surface area contributed by atoms with Gasteiger partial charge in [0.2, 0.25) is 0 Å². The molecule has 2 heterocycles. The Bertz CT molecular complexity index is 501. The molecule has 0 atom stereocenters. The van der Waals surface area contributed by atoms with Gasteiger partial charge in [-0.3, -0.25) is 4.79 Å². The molecule has 0 saturated carbocycles. The maximum Gasteiger partial charge on any atom is 0.170 e. The number of Topliss-reactive ketones (excluding diaryl/α,β-unsaturated/α-hetero) is 1. The molecule has 0 aliphatic carbocycles. The topological polar surface area (TPSA) is 38.3 Å². The van der Waals surface area contributed by atoms with Gasteiger partial charge in [-0.25, -0.2) is 0 Å². The molecule has 1 aromatic rings.